The molecule has 0 saturated carbocycles. The number of amides is 1. The summed E-state index contributed by atoms with van der Waals surface area (Å²) in [6.07, 6.45) is 3.43. The Morgan fingerprint density at radius 1 is 1.00 bits per heavy atom. The van der Waals surface area contributed by atoms with E-state index in [0.29, 0.717) is 11.5 Å². The van der Waals surface area contributed by atoms with Gasteiger partial charge in [-0.15, -0.1) is 10.2 Å². The Labute approximate surface area is 179 Å². The number of hydrogen-bond donors (Lipinski definition) is 1. The standard InChI is InChI=1S/C23H23N5OS/c1-2-3-7-17-10-12-19(13-11-17)24-21(29)16-30-22-15-14-20-25-26-23(28(20)27-22)18-8-5-4-6-9-18/h4-6,8-15H,2-3,7,16H2,1H3,(H,24,29). The van der Waals surface area contributed by atoms with Gasteiger partial charge in [-0.05, 0) is 42.7 Å². The van der Waals surface area contributed by atoms with Gasteiger partial charge >= 0.3 is 0 Å². The van der Waals surface area contributed by atoms with E-state index in [1.165, 1.54) is 30.2 Å². The lowest BCUT2D eigenvalue weighted by molar-refractivity contribution is -0.113. The maximum absolute atomic E-state index is 12.4. The number of rotatable bonds is 8. The average molecular weight is 418 g/mol. The monoisotopic (exact) mass is 417 g/mol. The molecule has 0 spiro atoms. The van der Waals surface area contributed by atoms with Crippen LogP contribution < -0.4 is 5.32 Å². The number of anilines is 1. The van der Waals surface area contributed by atoms with E-state index < -0.39 is 0 Å². The van der Waals surface area contributed by atoms with E-state index >= 15 is 0 Å². The minimum Gasteiger partial charge on any atom is -0.325 e. The molecule has 0 saturated heterocycles. The van der Waals surface area contributed by atoms with Crippen LogP contribution in [0.4, 0.5) is 5.69 Å². The van der Waals surface area contributed by atoms with E-state index in [9.17, 15) is 4.79 Å². The number of carbonyl (C=O) groups is 1. The largest absolute Gasteiger partial charge is 0.325 e. The summed E-state index contributed by atoms with van der Waals surface area (Å²) in [5.41, 5.74) is 3.73. The molecule has 0 aliphatic heterocycles. The summed E-state index contributed by atoms with van der Waals surface area (Å²) in [6.45, 7) is 2.19. The molecule has 0 unspecified atom stereocenters. The summed E-state index contributed by atoms with van der Waals surface area (Å²) in [7, 11) is 0. The maximum atomic E-state index is 12.4. The first-order chi connectivity index (χ1) is 14.7. The highest BCUT2D eigenvalue weighted by Gasteiger charge is 2.11. The second-order valence-corrected chi connectivity index (χ2v) is 7.96. The molecule has 1 N–H and O–H groups in total. The summed E-state index contributed by atoms with van der Waals surface area (Å²) in [5, 5.41) is 16.7. The maximum Gasteiger partial charge on any atom is 0.234 e. The van der Waals surface area contributed by atoms with Crippen molar-refractivity contribution in [3.63, 3.8) is 0 Å². The number of fused-ring (bicyclic) bond motifs is 1. The quantitative estimate of drug-likeness (QED) is 0.414. The Hall–Kier alpha value is -3.19. The zero-order valence-electron chi connectivity index (χ0n) is 16.8. The molecule has 4 aromatic rings. The van der Waals surface area contributed by atoms with Crippen molar-refractivity contribution in [3.05, 3.63) is 72.3 Å². The second kappa shape index (κ2) is 9.54. The van der Waals surface area contributed by atoms with Gasteiger partial charge in [0.25, 0.3) is 0 Å². The van der Waals surface area contributed by atoms with Gasteiger partial charge in [0, 0.05) is 11.3 Å². The van der Waals surface area contributed by atoms with Crippen LogP contribution in [0.15, 0.2) is 71.8 Å². The third kappa shape index (κ3) is 4.86. The van der Waals surface area contributed by atoms with Gasteiger partial charge in [-0.3, -0.25) is 4.79 Å². The van der Waals surface area contributed by atoms with Gasteiger partial charge < -0.3 is 5.32 Å². The molecule has 0 aliphatic rings. The highest BCUT2D eigenvalue weighted by atomic mass is 32.2. The zero-order chi connectivity index (χ0) is 20.8. The van der Waals surface area contributed by atoms with E-state index in [-0.39, 0.29) is 11.7 Å². The first-order valence-electron chi connectivity index (χ1n) is 10.0. The van der Waals surface area contributed by atoms with Gasteiger partial charge in [0.05, 0.1) is 5.75 Å². The topological polar surface area (TPSA) is 72.2 Å². The predicted octanol–water partition coefficient (Wildman–Crippen LogP) is 4.86. The van der Waals surface area contributed by atoms with Crippen molar-refractivity contribution >= 4 is 29.0 Å². The molecule has 2 aromatic carbocycles. The molecule has 30 heavy (non-hydrogen) atoms. The highest BCUT2D eigenvalue weighted by Crippen LogP contribution is 2.21. The lowest BCUT2D eigenvalue weighted by Gasteiger charge is -2.07. The Balaban J connectivity index is 1.39. The summed E-state index contributed by atoms with van der Waals surface area (Å²) < 4.78 is 1.71. The molecule has 2 heterocycles. The molecule has 0 aliphatic carbocycles. The van der Waals surface area contributed by atoms with E-state index in [1.807, 2.05) is 54.6 Å². The molecule has 0 fully saturated rings. The predicted molar refractivity (Wildman–Crippen MR) is 121 cm³/mol. The van der Waals surface area contributed by atoms with Crippen LogP contribution in [0.25, 0.3) is 17.0 Å². The third-order valence-electron chi connectivity index (χ3n) is 4.68. The van der Waals surface area contributed by atoms with Gasteiger partial charge in [-0.1, -0.05) is 67.6 Å². The fourth-order valence-corrected chi connectivity index (χ4v) is 3.74. The number of nitrogens with one attached hydrogen (secondary N) is 1. The Morgan fingerprint density at radius 2 is 1.80 bits per heavy atom. The summed E-state index contributed by atoms with van der Waals surface area (Å²) in [6, 6.07) is 21.6. The normalized spacial score (nSPS) is 11.0. The summed E-state index contributed by atoms with van der Waals surface area (Å²) >= 11 is 1.38. The number of thioether (sulfide) groups is 1. The van der Waals surface area contributed by atoms with Crippen molar-refractivity contribution in [3.8, 4) is 11.4 Å². The summed E-state index contributed by atoms with van der Waals surface area (Å²) in [5.74, 6) is 0.898. The molecule has 6 nitrogen and oxygen atoms in total. The van der Waals surface area contributed by atoms with Crippen LogP contribution in [0.2, 0.25) is 0 Å². The van der Waals surface area contributed by atoms with Crippen molar-refractivity contribution in [1.82, 2.24) is 19.8 Å². The van der Waals surface area contributed by atoms with Crippen molar-refractivity contribution in [1.29, 1.82) is 0 Å². The van der Waals surface area contributed by atoms with Crippen molar-refractivity contribution in [2.45, 2.75) is 31.2 Å². The van der Waals surface area contributed by atoms with Gasteiger partial charge in [-0.25, -0.2) is 0 Å². The summed E-state index contributed by atoms with van der Waals surface area (Å²) in [4.78, 5) is 12.4. The van der Waals surface area contributed by atoms with E-state index in [2.05, 4.69) is 39.7 Å². The molecular weight excluding hydrogens is 394 g/mol. The van der Waals surface area contributed by atoms with Crippen molar-refractivity contribution in [2.75, 3.05) is 11.1 Å². The first-order valence-corrected chi connectivity index (χ1v) is 11.0. The molecule has 1 amide bonds. The van der Waals surface area contributed by atoms with Crippen LogP contribution in [-0.4, -0.2) is 31.5 Å². The number of carbonyl (C=O) groups excluding carboxylic acids is 1. The van der Waals surface area contributed by atoms with Crippen LogP contribution >= 0.6 is 11.8 Å². The molecule has 0 radical (unpaired) electrons. The average Bonchev–Trinajstić information content (AvgIpc) is 3.21. The lowest BCUT2D eigenvalue weighted by atomic mass is 10.1. The number of unbranched alkanes of at least 4 members (excludes halogenated alkanes) is 1. The fourth-order valence-electron chi connectivity index (χ4n) is 3.09. The minimum absolute atomic E-state index is 0.0600. The van der Waals surface area contributed by atoms with E-state index in [0.717, 1.165) is 22.7 Å². The number of hydrogen-bond acceptors (Lipinski definition) is 5. The first kappa shape index (κ1) is 20.1. The number of aryl methyl sites for hydroxylation is 1. The molecule has 0 bridgehead atoms. The van der Waals surface area contributed by atoms with Crippen LogP contribution in [0.1, 0.15) is 25.3 Å². The smallest absolute Gasteiger partial charge is 0.234 e. The van der Waals surface area contributed by atoms with Crippen LogP contribution in [0.3, 0.4) is 0 Å². The lowest BCUT2D eigenvalue weighted by Crippen LogP contribution is -2.14. The van der Waals surface area contributed by atoms with Gasteiger partial charge in [0.1, 0.15) is 5.03 Å². The highest BCUT2D eigenvalue weighted by molar-refractivity contribution is 7.99. The Kier molecular flexibility index (Phi) is 6.39. The van der Waals surface area contributed by atoms with Crippen molar-refractivity contribution in [2.24, 2.45) is 0 Å². The van der Waals surface area contributed by atoms with Crippen molar-refractivity contribution < 1.29 is 4.79 Å². The molecule has 2 aromatic heterocycles. The molecular formula is C23H23N5OS. The van der Waals surface area contributed by atoms with Gasteiger partial charge in [-0.2, -0.15) is 9.61 Å². The fraction of sp³-hybridized carbons (Fsp3) is 0.217. The van der Waals surface area contributed by atoms with Gasteiger partial charge in [0.15, 0.2) is 11.5 Å². The Bertz CT molecular complexity index is 1130. The van der Waals surface area contributed by atoms with E-state index in [1.54, 1.807) is 4.52 Å². The zero-order valence-corrected chi connectivity index (χ0v) is 17.6. The third-order valence-corrected chi connectivity index (χ3v) is 5.60. The van der Waals surface area contributed by atoms with Crippen LogP contribution in [0.5, 0.6) is 0 Å². The van der Waals surface area contributed by atoms with Gasteiger partial charge in [0.2, 0.25) is 5.91 Å². The number of aromatic nitrogens is 4. The van der Waals surface area contributed by atoms with E-state index in [4.69, 9.17) is 0 Å². The number of nitrogens with zero attached hydrogens (tertiary/aromatic N) is 4. The molecule has 0 atom stereocenters. The SMILES string of the molecule is CCCCc1ccc(NC(=O)CSc2ccc3nnc(-c4ccccc4)n3n2)cc1. The molecule has 4 rings (SSSR count). The molecule has 152 valence electrons. The van der Waals surface area contributed by atoms with Crippen LogP contribution in [-0.2, 0) is 11.2 Å². The molecule has 7 heteroatoms. The van der Waals surface area contributed by atoms with Crippen LogP contribution in [0, 0.1) is 0 Å². The second-order valence-electron chi connectivity index (χ2n) is 6.97. The number of benzene rings is 2. The Morgan fingerprint density at radius 3 is 2.57 bits per heavy atom. The minimum atomic E-state index is -0.0600.